The van der Waals surface area contributed by atoms with Crippen LogP contribution in [0.3, 0.4) is 0 Å². The van der Waals surface area contributed by atoms with Gasteiger partial charge in [-0.05, 0) is 53.6 Å². The molecule has 0 radical (unpaired) electrons. The normalized spacial score (nSPS) is 10.8. The molecule has 0 atom stereocenters. The molecule has 1 nitrogen and oxygen atoms in total. The minimum absolute atomic E-state index is 0.285. The van der Waals surface area contributed by atoms with Gasteiger partial charge < -0.3 is 4.90 Å². The summed E-state index contributed by atoms with van der Waals surface area (Å²) in [5.74, 6) is -0.285. The monoisotopic (exact) mass is 527 g/mol. The molecule has 0 unspecified atom stereocenters. The summed E-state index contributed by atoms with van der Waals surface area (Å²) in [4.78, 5) is 2.04. The maximum atomic E-state index is 15.4. The number of hydrogen-bond donors (Lipinski definition) is 0. The number of halogens is 3. The maximum Gasteiger partial charge on any atom is 0.133 e. The second-order valence-corrected chi connectivity index (χ2v) is 9.23. The lowest BCUT2D eigenvalue weighted by atomic mass is 10.0. The van der Waals surface area contributed by atoms with Gasteiger partial charge in [-0.1, -0.05) is 106 Å². The molecule has 4 heteroatoms. The molecule has 0 saturated heterocycles. The van der Waals surface area contributed by atoms with Crippen LogP contribution in [0.5, 0.6) is 0 Å². The first-order chi connectivity index (χ1) is 16.6. The molecule has 0 amide bonds. The van der Waals surface area contributed by atoms with Crippen molar-refractivity contribution in [1.29, 1.82) is 0 Å². The largest absolute Gasteiger partial charge is 0.310 e. The third kappa shape index (κ3) is 4.63. The SMILES string of the molecule is Fc1cc(N(c2cc(Cl)cc(Br)c2)c2ccccc2-c2ccccc2)ccc1-c1ccccc1. The van der Waals surface area contributed by atoms with Crippen LogP contribution in [0.4, 0.5) is 21.5 Å². The van der Waals surface area contributed by atoms with E-state index in [9.17, 15) is 0 Å². The number of nitrogens with zero attached hydrogens (tertiary/aromatic N) is 1. The quantitative estimate of drug-likeness (QED) is 0.219. The number of para-hydroxylation sites is 1. The Morgan fingerprint density at radius 2 is 1.21 bits per heavy atom. The number of anilines is 3. The topological polar surface area (TPSA) is 3.24 Å². The van der Waals surface area contributed by atoms with E-state index < -0.39 is 0 Å². The summed E-state index contributed by atoms with van der Waals surface area (Å²) in [5, 5.41) is 0.591. The van der Waals surface area contributed by atoms with Gasteiger partial charge in [0.05, 0.1) is 5.69 Å². The zero-order valence-electron chi connectivity index (χ0n) is 18.1. The number of rotatable bonds is 5. The zero-order valence-corrected chi connectivity index (χ0v) is 20.5. The Labute approximate surface area is 212 Å². The van der Waals surface area contributed by atoms with Crippen LogP contribution in [0.2, 0.25) is 5.02 Å². The summed E-state index contributed by atoms with van der Waals surface area (Å²) in [5.41, 5.74) is 5.97. The van der Waals surface area contributed by atoms with Gasteiger partial charge in [0.15, 0.2) is 0 Å². The summed E-state index contributed by atoms with van der Waals surface area (Å²) in [6, 6.07) is 38.9. The lowest BCUT2D eigenvalue weighted by Gasteiger charge is -2.28. The zero-order chi connectivity index (χ0) is 23.5. The van der Waals surface area contributed by atoms with E-state index in [-0.39, 0.29) is 5.82 Å². The van der Waals surface area contributed by atoms with Gasteiger partial charge in [-0.25, -0.2) is 4.39 Å². The molecule has 0 aromatic heterocycles. The van der Waals surface area contributed by atoms with E-state index in [1.807, 2.05) is 102 Å². The van der Waals surface area contributed by atoms with Crippen LogP contribution in [0, 0.1) is 5.82 Å². The molecule has 0 spiro atoms. The summed E-state index contributed by atoms with van der Waals surface area (Å²) >= 11 is 9.99. The van der Waals surface area contributed by atoms with Gasteiger partial charge in [0.2, 0.25) is 0 Å². The fourth-order valence-corrected chi connectivity index (χ4v) is 4.96. The molecule has 5 aromatic rings. The Balaban J connectivity index is 1.71. The Hall–Kier alpha value is -3.40. The van der Waals surface area contributed by atoms with Gasteiger partial charge in [-0.15, -0.1) is 0 Å². The van der Waals surface area contributed by atoms with Crippen molar-refractivity contribution < 1.29 is 4.39 Å². The molecule has 0 heterocycles. The van der Waals surface area contributed by atoms with Gasteiger partial charge in [0, 0.05) is 32.0 Å². The molecule has 166 valence electrons. The molecular weight excluding hydrogens is 509 g/mol. The Morgan fingerprint density at radius 3 is 1.85 bits per heavy atom. The Bertz CT molecular complexity index is 1420. The highest BCUT2D eigenvalue weighted by Gasteiger charge is 2.19. The van der Waals surface area contributed by atoms with Crippen LogP contribution in [-0.4, -0.2) is 0 Å². The van der Waals surface area contributed by atoms with E-state index in [1.54, 1.807) is 6.07 Å². The lowest BCUT2D eigenvalue weighted by Crippen LogP contribution is -2.11. The third-order valence-corrected chi connectivity index (χ3v) is 6.31. The standard InChI is InChI=1S/C30H20BrClFN/c31-23-17-24(32)19-26(18-23)34(30-14-8-7-13-28(30)22-11-5-2-6-12-22)25-15-16-27(29(33)20-25)21-9-3-1-4-10-21/h1-20H. The highest BCUT2D eigenvalue weighted by molar-refractivity contribution is 9.10. The van der Waals surface area contributed by atoms with E-state index in [4.69, 9.17) is 11.6 Å². The summed E-state index contributed by atoms with van der Waals surface area (Å²) in [6.07, 6.45) is 0. The van der Waals surface area contributed by atoms with Crippen LogP contribution >= 0.6 is 27.5 Å². The molecule has 0 aliphatic heterocycles. The average molecular weight is 529 g/mol. The van der Waals surface area contributed by atoms with Crippen LogP contribution in [0.25, 0.3) is 22.3 Å². The van der Waals surface area contributed by atoms with E-state index in [0.29, 0.717) is 16.3 Å². The van der Waals surface area contributed by atoms with Crippen molar-refractivity contribution in [2.45, 2.75) is 0 Å². The molecule has 0 bridgehead atoms. The van der Waals surface area contributed by atoms with E-state index in [2.05, 4.69) is 34.1 Å². The second kappa shape index (κ2) is 9.84. The first-order valence-corrected chi connectivity index (χ1v) is 12.0. The fraction of sp³-hybridized carbons (Fsp3) is 0. The third-order valence-electron chi connectivity index (χ3n) is 5.63. The van der Waals surface area contributed by atoms with Gasteiger partial charge in [-0.3, -0.25) is 0 Å². The summed E-state index contributed by atoms with van der Waals surface area (Å²) in [7, 11) is 0. The van der Waals surface area contributed by atoms with Crippen LogP contribution in [-0.2, 0) is 0 Å². The maximum absolute atomic E-state index is 15.4. The molecule has 0 aliphatic rings. The lowest BCUT2D eigenvalue weighted by molar-refractivity contribution is 0.631. The van der Waals surface area contributed by atoms with Crippen LogP contribution in [0.1, 0.15) is 0 Å². The molecular formula is C30H20BrClFN. The first-order valence-electron chi connectivity index (χ1n) is 10.9. The van der Waals surface area contributed by atoms with E-state index >= 15 is 4.39 Å². The van der Waals surface area contributed by atoms with E-state index in [1.165, 1.54) is 0 Å². The average Bonchev–Trinajstić information content (AvgIpc) is 2.85. The highest BCUT2D eigenvalue weighted by atomic mass is 79.9. The Morgan fingerprint density at radius 1 is 0.588 bits per heavy atom. The Kier molecular flexibility index (Phi) is 6.48. The predicted octanol–water partition coefficient (Wildman–Crippen LogP) is 10.0. The molecule has 5 aromatic carbocycles. The van der Waals surface area contributed by atoms with Crippen molar-refractivity contribution in [2.75, 3.05) is 4.90 Å². The van der Waals surface area contributed by atoms with Gasteiger partial charge in [0.1, 0.15) is 5.82 Å². The van der Waals surface area contributed by atoms with Crippen molar-refractivity contribution in [3.63, 3.8) is 0 Å². The van der Waals surface area contributed by atoms with Crippen molar-refractivity contribution in [1.82, 2.24) is 0 Å². The van der Waals surface area contributed by atoms with E-state index in [0.717, 1.165) is 32.5 Å². The van der Waals surface area contributed by atoms with Crippen molar-refractivity contribution in [3.8, 4) is 22.3 Å². The smallest absolute Gasteiger partial charge is 0.133 e. The molecule has 0 aliphatic carbocycles. The first kappa shape index (κ1) is 22.4. The minimum atomic E-state index is -0.285. The highest BCUT2D eigenvalue weighted by Crippen LogP contribution is 2.43. The molecule has 5 rings (SSSR count). The van der Waals surface area contributed by atoms with Crippen molar-refractivity contribution >= 4 is 44.6 Å². The molecule has 0 fully saturated rings. The minimum Gasteiger partial charge on any atom is -0.310 e. The van der Waals surface area contributed by atoms with Crippen molar-refractivity contribution in [2.24, 2.45) is 0 Å². The fourth-order valence-electron chi connectivity index (χ4n) is 4.12. The van der Waals surface area contributed by atoms with Crippen molar-refractivity contribution in [3.05, 3.63) is 137 Å². The molecule has 34 heavy (non-hydrogen) atoms. The van der Waals surface area contributed by atoms with Gasteiger partial charge >= 0.3 is 0 Å². The molecule has 0 saturated carbocycles. The number of benzene rings is 5. The van der Waals surface area contributed by atoms with Gasteiger partial charge in [-0.2, -0.15) is 0 Å². The second-order valence-electron chi connectivity index (χ2n) is 7.88. The summed E-state index contributed by atoms with van der Waals surface area (Å²) < 4.78 is 16.3. The molecule has 0 N–H and O–H groups in total. The van der Waals surface area contributed by atoms with Crippen LogP contribution < -0.4 is 4.90 Å². The van der Waals surface area contributed by atoms with Gasteiger partial charge in [0.25, 0.3) is 0 Å². The van der Waals surface area contributed by atoms with Crippen LogP contribution in [0.15, 0.2) is 126 Å². The summed E-state index contributed by atoms with van der Waals surface area (Å²) in [6.45, 7) is 0. The predicted molar refractivity (Wildman–Crippen MR) is 145 cm³/mol. The number of hydrogen-bond acceptors (Lipinski definition) is 1.